The van der Waals surface area contributed by atoms with Gasteiger partial charge in [0.15, 0.2) is 11.4 Å². The summed E-state index contributed by atoms with van der Waals surface area (Å²) in [6.45, 7) is 0. The van der Waals surface area contributed by atoms with Gasteiger partial charge in [0.05, 0.1) is 38.7 Å². The van der Waals surface area contributed by atoms with Crippen molar-refractivity contribution >= 4 is 23.0 Å². The van der Waals surface area contributed by atoms with Gasteiger partial charge in [-0.2, -0.15) is 4.59 Å². The van der Waals surface area contributed by atoms with Gasteiger partial charge in [-0.25, -0.2) is 4.98 Å². The number of carbonyl (C=O) groups excluding carboxylic acids is 1. The molecule has 1 aliphatic rings. The number of nitrogens with one attached hydrogen (secondary N) is 1. The van der Waals surface area contributed by atoms with Crippen molar-refractivity contribution in [1.82, 2.24) is 14.6 Å². The predicted octanol–water partition coefficient (Wildman–Crippen LogP) is 3.08. The third-order valence-electron chi connectivity index (χ3n) is 4.60. The maximum Gasteiger partial charge on any atom is 0.280 e. The quantitative estimate of drug-likeness (QED) is 0.712. The van der Waals surface area contributed by atoms with Crippen LogP contribution in [0.3, 0.4) is 0 Å². The molecule has 0 unspecified atom stereocenters. The number of benzene rings is 1. The molecule has 4 rings (SSSR count). The Morgan fingerprint density at radius 1 is 1.07 bits per heavy atom. The van der Waals surface area contributed by atoms with Crippen LogP contribution >= 0.6 is 0 Å². The van der Waals surface area contributed by atoms with Gasteiger partial charge in [0, 0.05) is 30.1 Å². The van der Waals surface area contributed by atoms with E-state index in [0.29, 0.717) is 17.3 Å². The van der Waals surface area contributed by atoms with Gasteiger partial charge < -0.3 is 10.1 Å². The molecule has 0 radical (unpaired) electrons. The highest BCUT2D eigenvalue weighted by atomic mass is 16.5. The third kappa shape index (κ3) is 3.23. The number of quaternary nitrogens is 1. The molecular formula is C21H20N5O2+. The standard InChI is InChI=1S/C21H19N5O2/c1-26(2)18-8-6-14(15-7-9-19(28-3)23-12-15)11-17(18)20(25-26)21(27)24-16-5-4-10-22-13-16/h4-13H,1-3H3/p+1. The van der Waals surface area contributed by atoms with Crippen molar-refractivity contribution in [2.24, 2.45) is 5.10 Å². The van der Waals surface area contributed by atoms with Gasteiger partial charge in [0.1, 0.15) is 0 Å². The third-order valence-corrected chi connectivity index (χ3v) is 4.60. The van der Waals surface area contributed by atoms with Crippen molar-refractivity contribution in [1.29, 1.82) is 0 Å². The lowest BCUT2D eigenvalue weighted by Gasteiger charge is -2.17. The summed E-state index contributed by atoms with van der Waals surface area (Å²) in [6, 6.07) is 13.3. The lowest BCUT2D eigenvalue weighted by atomic mass is 10.00. The van der Waals surface area contributed by atoms with Gasteiger partial charge in [-0.05, 0) is 35.9 Å². The predicted molar refractivity (Wildman–Crippen MR) is 109 cm³/mol. The second-order valence-electron chi connectivity index (χ2n) is 6.86. The second-order valence-corrected chi connectivity index (χ2v) is 6.86. The van der Waals surface area contributed by atoms with E-state index in [1.54, 1.807) is 37.8 Å². The highest BCUT2D eigenvalue weighted by Gasteiger charge is 2.37. The number of ether oxygens (including phenoxy) is 1. The van der Waals surface area contributed by atoms with Gasteiger partial charge in [-0.3, -0.25) is 9.78 Å². The maximum absolute atomic E-state index is 12.9. The van der Waals surface area contributed by atoms with Crippen molar-refractivity contribution in [2.45, 2.75) is 0 Å². The first-order valence-electron chi connectivity index (χ1n) is 8.79. The number of carbonyl (C=O) groups is 1. The Bertz CT molecular complexity index is 1060. The number of amides is 1. The van der Waals surface area contributed by atoms with Gasteiger partial charge >= 0.3 is 0 Å². The number of anilines is 1. The number of nitrogens with zero attached hydrogens (tertiary/aromatic N) is 4. The van der Waals surface area contributed by atoms with Crippen LogP contribution in [-0.2, 0) is 4.79 Å². The first-order valence-corrected chi connectivity index (χ1v) is 8.79. The Balaban J connectivity index is 1.70. The molecule has 1 aliphatic heterocycles. The van der Waals surface area contributed by atoms with Crippen LogP contribution in [0, 0.1) is 0 Å². The molecule has 0 saturated heterocycles. The van der Waals surface area contributed by atoms with Crippen LogP contribution in [0.1, 0.15) is 5.56 Å². The zero-order valence-corrected chi connectivity index (χ0v) is 15.9. The first kappa shape index (κ1) is 17.8. The monoisotopic (exact) mass is 374 g/mol. The molecule has 0 spiro atoms. The van der Waals surface area contributed by atoms with Crippen LogP contribution in [0.4, 0.5) is 11.4 Å². The van der Waals surface area contributed by atoms with Gasteiger partial charge in [-0.1, -0.05) is 5.10 Å². The molecule has 140 valence electrons. The number of aromatic nitrogens is 2. The van der Waals surface area contributed by atoms with Crippen LogP contribution < -0.4 is 14.6 Å². The van der Waals surface area contributed by atoms with Crippen LogP contribution in [-0.4, -0.2) is 42.8 Å². The Labute approximate surface area is 162 Å². The summed E-state index contributed by atoms with van der Waals surface area (Å²) in [5.74, 6) is 0.295. The zero-order valence-electron chi connectivity index (χ0n) is 15.9. The van der Waals surface area contributed by atoms with Crippen molar-refractivity contribution in [3.63, 3.8) is 0 Å². The highest BCUT2D eigenvalue weighted by Crippen LogP contribution is 2.35. The van der Waals surface area contributed by atoms with Crippen molar-refractivity contribution in [2.75, 3.05) is 26.5 Å². The zero-order chi connectivity index (χ0) is 19.7. The van der Waals surface area contributed by atoms with Crippen LogP contribution in [0.5, 0.6) is 5.88 Å². The van der Waals surface area contributed by atoms with Crippen LogP contribution in [0.25, 0.3) is 11.1 Å². The van der Waals surface area contributed by atoms with E-state index >= 15 is 0 Å². The molecular weight excluding hydrogens is 354 g/mol. The molecule has 3 aromatic rings. The molecule has 2 aromatic heterocycles. The number of hydrogen-bond donors (Lipinski definition) is 1. The van der Waals surface area contributed by atoms with E-state index in [4.69, 9.17) is 4.74 Å². The van der Waals surface area contributed by atoms with Crippen LogP contribution in [0.2, 0.25) is 0 Å². The summed E-state index contributed by atoms with van der Waals surface area (Å²) in [5.41, 5.74) is 4.68. The van der Waals surface area contributed by atoms with E-state index in [0.717, 1.165) is 22.4 Å². The van der Waals surface area contributed by atoms with E-state index in [2.05, 4.69) is 20.4 Å². The van der Waals surface area contributed by atoms with Crippen LogP contribution in [0.15, 0.2) is 66.2 Å². The summed E-state index contributed by atoms with van der Waals surface area (Å²) in [6.07, 6.45) is 5.02. The number of hydrogen-bond acceptors (Lipinski definition) is 5. The van der Waals surface area contributed by atoms with Gasteiger partial charge in [0.25, 0.3) is 5.91 Å². The molecule has 0 aliphatic carbocycles. The largest absolute Gasteiger partial charge is 0.481 e. The Kier molecular flexibility index (Phi) is 4.37. The lowest BCUT2D eigenvalue weighted by molar-refractivity contribution is -0.110. The fourth-order valence-corrected chi connectivity index (χ4v) is 3.21. The van der Waals surface area contributed by atoms with E-state index in [1.165, 1.54) is 0 Å². The van der Waals surface area contributed by atoms with Crippen molar-refractivity contribution < 1.29 is 9.53 Å². The van der Waals surface area contributed by atoms with Crippen molar-refractivity contribution in [3.8, 4) is 17.0 Å². The molecule has 3 heterocycles. The Morgan fingerprint density at radius 3 is 2.57 bits per heavy atom. The number of methoxy groups -OCH3 is 1. The van der Waals surface area contributed by atoms with E-state index in [1.807, 2.05) is 44.4 Å². The Hall–Kier alpha value is -3.58. The SMILES string of the molecule is COc1ccc(-c2ccc3c(c2)C(C(=O)Nc2cccnc2)=N[N+]3(C)C)cn1. The second kappa shape index (κ2) is 6.86. The maximum atomic E-state index is 12.9. The summed E-state index contributed by atoms with van der Waals surface area (Å²) < 4.78 is 5.38. The first-order chi connectivity index (χ1) is 13.5. The molecule has 28 heavy (non-hydrogen) atoms. The summed E-state index contributed by atoms with van der Waals surface area (Å²) >= 11 is 0. The van der Waals surface area contributed by atoms with Crippen molar-refractivity contribution in [3.05, 3.63) is 66.6 Å². The topological polar surface area (TPSA) is 76.5 Å². The summed E-state index contributed by atoms with van der Waals surface area (Å²) in [7, 11) is 5.47. The molecule has 1 N–H and O–H groups in total. The summed E-state index contributed by atoms with van der Waals surface area (Å²) in [5, 5.41) is 7.50. The molecule has 1 amide bonds. The lowest BCUT2D eigenvalue weighted by Crippen LogP contribution is -2.32. The minimum Gasteiger partial charge on any atom is -0.481 e. The molecule has 1 aromatic carbocycles. The molecule has 7 heteroatoms. The number of rotatable bonds is 4. The van der Waals surface area contributed by atoms with Gasteiger partial charge in [-0.15, -0.1) is 0 Å². The van der Waals surface area contributed by atoms with E-state index in [-0.39, 0.29) is 10.5 Å². The van der Waals surface area contributed by atoms with E-state index in [9.17, 15) is 4.79 Å². The molecule has 0 saturated carbocycles. The number of fused-ring (bicyclic) bond motifs is 1. The minimum atomic E-state index is -0.261. The minimum absolute atomic E-state index is 0.256. The van der Waals surface area contributed by atoms with E-state index < -0.39 is 0 Å². The Morgan fingerprint density at radius 2 is 1.89 bits per heavy atom. The molecule has 0 atom stereocenters. The normalized spacial score (nSPS) is 14.2. The molecule has 7 nitrogen and oxygen atoms in total. The molecule has 0 bridgehead atoms. The number of pyridine rings is 2. The van der Waals surface area contributed by atoms with Gasteiger partial charge in [0.2, 0.25) is 5.88 Å². The molecule has 0 fully saturated rings. The average molecular weight is 374 g/mol. The average Bonchev–Trinajstić information content (AvgIpc) is 2.99. The smallest absolute Gasteiger partial charge is 0.280 e. The highest BCUT2D eigenvalue weighted by molar-refractivity contribution is 6.50. The fraction of sp³-hybridized carbons (Fsp3) is 0.143. The fourth-order valence-electron chi connectivity index (χ4n) is 3.21. The summed E-state index contributed by atoms with van der Waals surface area (Å²) in [4.78, 5) is 21.2.